The molecule has 3 aromatic carbocycles. The van der Waals surface area contributed by atoms with Crippen LogP contribution in [0.4, 0.5) is 4.39 Å². The molecule has 14 nitrogen and oxygen atoms in total. The number of alkyl halides is 1. The number of amides is 2. The van der Waals surface area contributed by atoms with E-state index < -0.39 is 35.3 Å². The lowest BCUT2D eigenvalue weighted by Gasteiger charge is -2.42. The Morgan fingerprint density at radius 3 is 2.39 bits per heavy atom. The van der Waals surface area contributed by atoms with E-state index in [-0.39, 0.29) is 41.7 Å². The number of hydrogen-bond donors (Lipinski definition) is 2. The first-order valence-corrected chi connectivity index (χ1v) is 30.4. The molecule has 3 aromatic heterocycles. The molecule has 4 aliphatic heterocycles. The molecule has 2 amide bonds. The molecule has 5 fully saturated rings. The molecule has 418 valence electrons. The topological polar surface area (TPSA) is 155 Å². The highest BCUT2D eigenvalue weighted by Gasteiger charge is 2.48. The van der Waals surface area contributed by atoms with E-state index in [1.165, 1.54) is 23.2 Å². The van der Waals surface area contributed by atoms with E-state index in [1.54, 1.807) is 33.9 Å². The van der Waals surface area contributed by atoms with Gasteiger partial charge in [-0.25, -0.2) is 14.1 Å². The van der Waals surface area contributed by atoms with Crippen LogP contribution in [0.5, 0.6) is 0 Å². The van der Waals surface area contributed by atoms with Crippen LogP contribution in [-0.2, 0) is 15.0 Å². The van der Waals surface area contributed by atoms with Crippen LogP contribution in [0.1, 0.15) is 169 Å². The van der Waals surface area contributed by atoms with E-state index >= 15 is 0 Å². The Morgan fingerprint density at radius 2 is 1.70 bits per heavy atom. The molecule has 17 heteroatoms. The number of aryl methyl sites for hydroxylation is 1. The number of piperidine rings is 1. The van der Waals surface area contributed by atoms with Crippen molar-refractivity contribution in [2.75, 3.05) is 45.8 Å². The quantitative estimate of drug-likeness (QED) is 0.114. The Bertz CT molecular complexity index is 3280. The molecular weight excluding hydrogens is 1040 g/mol. The molecule has 12 rings (SSSR count). The van der Waals surface area contributed by atoms with E-state index in [4.69, 9.17) is 21.7 Å². The molecule has 0 bridgehead atoms. The summed E-state index contributed by atoms with van der Waals surface area (Å²) in [4.78, 5) is 59.5. The highest BCUT2D eigenvalue weighted by molar-refractivity contribution is 7.13. The summed E-state index contributed by atoms with van der Waals surface area (Å²) in [6.07, 6.45) is 13.7. The fourth-order valence-electron chi connectivity index (χ4n) is 14.7. The maximum absolute atomic E-state index is 14.9. The number of carbonyl (C=O) groups excluding carboxylic acids is 2. The molecule has 2 aliphatic carbocycles. The van der Waals surface area contributed by atoms with E-state index in [1.807, 2.05) is 75.8 Å². The van der Waals surface area contributed by atoms with Crippen molar-refractivity contribution in [3.8, 4) is 16.1 Å². The second-order valence-electron chi connectivity index (χ2n) is 25.6. The zero-order valence-electron chi connectivity index (χ0n) is 46.5. The molecule has 7 heterocycles. The smallest absolute Gasteiger partial charge is 0.282 e. The molecule has 1 spiro atoms. The molecule has 6 aromatic rings. The first kappa shape index (κ1) is 54.2. The van der Waals surface area contributed by atoms with Crippen molar-refractivity contribution in [2.24, 2.45) is 11.3 Å². The predicted molar refractivity (Wildman–Crippen MR) is 308 cm³/mol. The number of hydrogen-bond acceptors (Lipinski definition) is 11. The minimum absolute atomic E-state index is 0.0442. The van der Waals surface area contributed by atoms with Gasteiger partial charge in [0, 0.05) is 51.3 Å². The number of carbonyl (C=O) groups is 2. The van der Waals surface area contributed by atoms with Gasteiger partial charge < -0.3 is 20.2 Å². The third-order valence-electron chi connectivity index (χ3n) is 18.8. The van der Waals surface area contributed by atoms with Gasteiger partial charge in [0.1, 0.15) is 23.6 Å². The van der Waals surface area contributed by atoms with E-state index in [9.17, 15) is 23.9 Å². The van der Waals surface area contributed by atoms with Crippen LogP contribution in [0.15, 0.2) is 77.2 Å². The lowest BCUT2D eigenvalue weighted by atomic mass is 9.69. The van der Waals surface area contributed by atoms with Crippen LogP contribution in [0.25, 0.3) is 27.0 Å². The number of halogens is 2. The number of thiazole rings is 1. The summed E-state index contributed by atoms with van der Waals surface area (Å²) in [7, 11) is 0. The Balaban J connectivity index is 0.674. The van der Waals surface area contributed by atoms with Crippen LogP contribution < -0.4 is 10.9 Å². The maximum Gasteiger partial charge on any atom is 0.282 e. The summed E-state index contributed by atoms with van der Waals surface area (Å²) in [6, 6.07) is 19.0. The van der Waals surface area contributed by atoms with Crippen LogP contribution in [0.2, 0.25) is 5.02 Å². The molecule has 2 saturated carbocycles. The van der Waals surface area contributed by atoms with Crippen LogP contribution in [-0.4, -0.2) is 125 Å². The van der Waals surface area contributed by atoms with Gasteiger partial charge in [0.25, 0.3) is 5.56 Å². The summed E-state index contributed by atoms with van der Waals surface area (Å²) >= 11 is 8.25. The highest BCUT2D eigenvalue weighted by Crippen LogP contribution is 2.52. The molecule has 2 N–H and O–H groups in total. The van der Waals surface area contributed by atoms with Gasteiger partial charge >= 0.3 is 0 Å². The third-order valence-corrected chi connectivity index (χ3v) is 20.1. The van der Waals surface area contributed by atoms with Gasteiger partial charge in [0.15, 0.2) is 0 Å². The normalized spacial score (nSPS) is 24.1. The molecular formula is C62H76ClFN10O4S. The zero-order chi connectivity index (χ0) is 55.0. The van der Waals surface area contributed by atoms with Crippen LogP contribution >= 0.6 is 22.9 Å². The molecule has 0 unspecified atom stereocenters. The number of rotatable bonds is 13. The van der Waals surface area contributed by atoms with Crippen molar-refractivity contribution >= 4 is 45.7 Å². The van der Waals surface area contributed by atoms with Crippen molar-refractivity contribution in [3.05, 3.63) is 122 Å². The molecule has 79 heavy (non-hydrogen) atoms. The first-order chi connectivity index (χ1) is 37.9. The Hall–Kier alpha value is -5.39. The van der Waals surface area contributed by atoms with E-state index in [2.05, 4.69) is 48.1 Å². The second-order valence-corrected chi connectivity index (χ2v) is 26.8. The number of nitrogens with zero attached hydrogens (tertiary/aromatic N) is 9. The largest absolute Gasteiger partial charge is 0.391 e. The Labute approximate surface area is 472 Å². The Morgan fingerprint density at radius 1 is 0.949 bits per heavy atom. The summed E-state index contributed by atoms with van der Waals surface area (Å²) in [5.74, 6) is 1.61. The third kappa shape index (κ3) is 10.5. The second kappa shape index (κ2) is 21.5. The number of likely N-dealkylation sites (tertiary alicyclic amines) is 3. The zero-order valence-corrected chi connectivity index (χ0v) is 48.0. The van der Waals surface area contributed by atoms with Crippen molar-refractivity contribution in [2.45, 2.75) is 165 Å². The summed E-state index contributed by atoms with van der Waals surface area (Å²) in [6.45, 7) is 14.2. The number of aliphatic hydroxyl groups is 1. The summed E-state index contributed by atoms with van der Waals surface area (Å²) in [5.41, 5.74) is 8.11. The van der Waals surface area contributed by atoms with Crippen LogP contribution in [0, 0.1) is 18.3 Å². The van der Waals surface area contributed by atoms with Gasteiger partial charge in [-0.2, -0.15) is 4.98 Å². The van der Waals surface area contributed by atoms with Crippen molar-refractivity contribution < 1.29 is 19.1 Å². The molecule has 0 radical (unpaired) electrons. The first-order valence-electron chi connectivity index (χ1n) is 29.1. The average molecular weight is 1110 g/mol. The fourth-order valence-corrected chi connectivity index (χ4v) is 15.8. The number of aromatic nitrogens is 6. The number of β-amino-alcohol motifs (C(OH)–C–C–N with tert-alkyl or cyclic N) is 1. The number of benzene rings is 3. The highest BCUT2D eigenvalue weighted by atomic mass is 35.5. The molecule has 6 aliphatic rings. The van der Waals surface area contributed by atoms with Crippen molar-refractivity contribution in [1.29, 1.82) is 0 Å². The SMILES string of the molecule is Cc1ncsc1-c1ccc([C@H](CCN2CC(C)(F)C2)NC(=O)[C@@H]2C[C@@H](O)CN2C(=O)[C@@H](n2cc(C3CCC(CN4CCC(c5ccc6c(c5)-n5c(nc(=O)c7c(Cl)cccc75)C65CCCCC5)CC4)CC3)nn2)C(C)(C)C)cc1. The number of fused-ring (bicyclic) bond motifs is 7. The predicted octanol–water partition coefficient (Wildman–Crippen LogP) is 10.6. The van der Waals surface area contributed by atoms with E-state index in [0.29, 0.717) is 48.3 Å². The molecule has 4 atom stereocenters. The Kier molecular flexibility index (Phi) is 14.8. The minimum atomic E-state index is -1.21. The van der Waals surface area contributed by atoms with Gasteiger partial charge in [-0.3, -0.25) is 23.9 Å². The van der Waals surface area contributed by atoms with Crippen LogP contribution in [0.3, 0.4) is 0 Å². The maximum atomic E-state index is 14.9. The number of nitrogens with one attached hydrogen (secondary N) is 1. The van der Waals surface area contributed by atoms with Gasteiger partial charge in [0.05, 0.1) is 60.9 Å². The van der Waals surface area contributed by atoms with Crippen molar-refractivity contribution in [3.63, 3.8) is 0 Å². The lowest BCUT2D eigenvalue weighted by Crippen LogP contribution is -2.57. The monoisotopic (exact) mass is 1110 g/mol. The van der Waals surface area contributed by atoms with Crippen molar-refractivity contribution in [1.82, 2.24) is 49.5 Å². The van der Waals surface area contributed by atoms with Gasteiger partial charge in [0.2, 0.25) is 11.8 Å². The van der Waals surface area contributed by atoms with Gasteiger partial charge in [-0.05, 0) is 142 Å². The summed E-state index contributed by atoms with van der Waals surface area (Å²) < 4.78 is 18.5. The standard InChI is InChI=1S/C62H76ClFN10O4S/c1-38-54(79-37-65-38)43-18-16-41(17-19-43)48(24-29-71-35-61(5,64)36-71)66-56(76)52-31-45(75)33-72(52)58(78)55(60(2,3)4)73-34-49(68-69-73)42-14-12-39(13-15-42)32-70-27-22-40(23-28-70)44-20-21-46-51(30-44)74-50-11-9-10-47(63)53(50)57(77)67-59(74)62(46)25-7-6-8-26-62/h9-11,16-21,30,34,37,39-40,42,45,48,52,55,75H,6-8,12-15,22-29,31-33,35-36H2,1-5H3,(H,66,76)/t39?,42?,45-,48+,52+,55-/m1/s1. The van der Waals surface area contributed by atoms with E-state index in [0.717, 1.165) is 123 Å². The molecule has 3 saturated heterocycles. The lowest BCUT2D eigenvalue weighted by molar-refractivity contribution is -0.144. The average Bonchev–Trinajstić information content (AvgIpc) is 4.44. The summed E-state index contributed by atoms with van der Waals surface area (Å²) in [5, 5.41) is 24.7. The minimum Gasteiger partial charge on any atom is -0.391 e. The number of aliphatic hydroxyl groups excluding tert-OH is 1. The fraction of sp³-hybridized carbons (Fsp3) is 0.565. The van der Waals surface area contributed by atoms with Gasteiger partial charge in [-0.1, -0.05) is 99.3 Å². The van der Waals surface area contributed by atoms with Gasteiger partial charge in [-0.15, -0.1) is 16.4 Å².